The van der Waals surface area contributed by atoms with Crippen LogP contribution in [-0.4, -0.2) is 55.7 Å². The summed E-state index contributed by atoms with van der Waals surface area (Å²) in [5, 5.41) is 1.39. The topological polar surface area (TPSA) is 131 Å². The van der Waals surface area contributed by atoms with Crippen LogP contribution in [0, 0.1) is 0 Å². The van der Waals surface area contributed by atoms with Crippen molar-refractivity contribution in [2.24, 2.45) is 5.84 Å². The number of H-pyrrole nitrogens is 1. The minimum absolute atomic E-state index is 0.0117. The molecule has 1 aromatic carbocycles. The number of halogens is 1. The average Bonchev–Trinajstić information content (AvgIpc) is 3.36. The van der Waals surface area contributed by atoms with Gasteiger partial charge in [0.05, 0.1) is 10.6 Å². The number of pyridine rings is 1. The number of hydrogen-bond acceptors (Lipinski definition) is 7. The van der Waals surface area contributed by atoms with Gasteiger partial charge in [-0.25, -0.2) is 25.4 Å². The first-order valence-corrected chi connectivity index (χ1v) is 12.3. The molecule has 2 amide bonds. The highest BCUT2D eigenvalue weighted by atomic mass is 35.5. The number of esters is 1. The normalized spacial score (nSPS) is 17.9. The number of aromatic nitrogens is 2. The van der Waals surface area contributed by atoms with Crippen molar-refractivity contribution >= 4 is 40.6 Å². The van der Waals surface area contributed by atoms with Crippen molar-refractivity contribution in [3.8, 4) is 0 Å². The molecule has 4 rings (SSSR count). The summed E-state index contributed by atoms with van der Waals surface area (Å²) in [5.74, 6) is 4.82. The average molecular weight is 528 g/mol. The molecule has 0 saturated carbocycles. The van der Waals surface area contributed by atoms with Crippen LogP contribution in [0.3, 0.4) is 0 Å². The Morgan fingerprint density at radius 3 is 2.62 bits per heavy atom. The van der Waals surface area contributed by atoms with Crippen LogP contribution in [0.4, 0.5) is 4.79 Å². The number of hydrogen-bond donors (Lipinski definition) is 2. The van der Waals surface area contributed by atoms with E-state index in [2.05, 4.69) is 9.97 Å². The third-order valence-corrected chi connectivity index (χ3v) is 6.53. The highest BCUT2D eigenvalue weighted by molar-refractivity contribution is 6.38. The summed E-state index contributed by atoms with van der Waals surface area (Å²) >= 11 is 6.52. The molecule has 1 unspecified atom stereocenters. The monoisotopic (exact) mass is 527 g/mol. The van der Waals surface area contributed by atoms with Crippen LogP contribution in [0.2, 0.25) is 5.02 Å². The number of aromatic amines is 1. The number of nitrogens with two attached hydrogens (primary N) is 1. The molecule has 0 spiro atoms. The number of rotatable bonds is 5. The largest absolute Gasteiger partial charge is 0.457 e. The molecular weight excluding hydrogens is 498 g/mol. The van der Waals surface area contributed by atoms with Gasteiger partial charge < -0.3 is 14.5 Å². The molecule has 11 heteroatoms. The fraction of sp³-hybridized carbons (Fsp3) is 0.385. The van der Waals surface area contributed by atoms with Gasteiger partial charge in [-0.1, -0.05) is 41.9 Å². The molecule has 3 aromatic rings. The minimum Gasteiger partial charge on any atom is -0.457 e. The van der Waals surface area contributed by atoms with Gasteiger partial charge in [-0.3, -0.25) is 9.69 Å². The van der Waals surface area contributed by atoms with Gasteiger partial charge in [0.25, 0.3) is 5.91 Å². The van der Waals surface area contributed by atoms with Crippen LogP contribution < -0.4 is 5.84 Å². The molecule has 1 aliphatic heterocycles. The molecule has 1 atom stereocenters. The summed E-state index contributed by atoms with van der Waals surface area (Å²) < 4.78 is 11.3. The lowest BCUT2D eigenvalue weighted by atomic mass is 9.93. The molecule has 0 aliphatic carbocycles. The maximum absolute atomic E-state index is 13.8. The summed E-state index contributed by atoms with van der Waals surface area (Å²) in [7, 11) is 0. The number of hydrazine groups is 1. The zero-order valence-corrected chi connectivity index (χ0v) is 21.7. The number of likely N-dealkylation sites (tertiary alicyclic amines) is 1. The van der Waals surface area contributed by atoms with Gasteiger partial charge in [0.15, 0.2) is 0 Å². The maximum Gasteiger partial charge on any atom is 0.412 e. The molecular formula is C26H30ClN5O5. The van der Waals surface area contributed by atoms with E-state index < -0.39 is 29.2 Å². The molecule has 0 radical (unpaired) electrons. The summed E-state index contributed by atoms with van der Waals surface area (Å²) in [5.41, 5.74) is -1.60. The molecule has 196 valence electrons. The summed E-state index contributed by atoms with van der Waals surface area (Å²) in [6.07, 6.45) is 3.31. The van der Waals surface area contributed by atoms with Crippen molar-refractivity contribution in [3.05, 3.63) is 64.9 Å². The Hall–Kier alpha value is -3.63. The predicted molar refractivity (Wildman–Crippen MR) is 137 cm³/mol. The van der Waals surface area contributed by atoms with Gasteiger partial charge in [0.2, 0.25) is 5.66 Å². The van der Waals surface area contributed by atoms with Gasteiger partial charge in [0, 0.05) is 30.7 Å². The van der Waals surface area contributed by atoms with Crippen LogP contribution in [0.25, 0.3) is 11.0 Å². The molecule has 1 saturated heterocycles. The van der Waals surface area contributed by atoms with E-state index in [1.807, 2.05) is 30.3 Å². The van der Waals surface area contributed by atoms with Crippen molar-refractivity contribution < 1.29 is 23.9 Å². The Labute approximate surface area is 219 Å². The first-order chi connectivity index (χ1) is 17.5. The number of piperidine rings is 1. The summed E-state index contributed by atoms with van der Waals surface area (Å²) in [6, 6.07) is 10.8. The molecule has 3 N–H and O–H groups in total. The van der Waals surface area contributed by atoms with Crippen LogP contribution in [0.1, 0.15) is 56.0 Å². The van der Waals surface area contributed by atoms with Crippen LogP contribution in [0.15, 0.2) is 48.8 Å². The Bertz CT molecular complexity index is 1310. The van der Waals surface area contributed by atoms with Crippen LogP contribution in [-0.2, 0) is 20.9 Å². The van der Waals surface area contributed by atoms with Crippen molar-refractivity contribution in [1.82, 2.24) is 19.9 Å². The fourth-order valence-corrected chi connectivity index (χ4v) is 4.63. The lowest BCUT2D eigenvalue weighted by Crippen LogP contribution is -2.72. The second-order valence-electron chi connectivity index (χ2n) is 9.87. The molecule has 1 aliphatic rings. The Morgan fingerprint density at radius 1 is 1.19 bits per heavy atom. The van der Waals surface area contributed by atoms with Gasteiger partial charge in [-0.15, -0.1) is 0 Å². The van der Waals surface area contributed by atoms with Gasteiger partial charge >= 0.3 is 12.1 Å². The van der Waals surface area contributed by atoms with Crippen LogP contribution in [0.5, 0.6) is 0 Å². The quantitative estimate of drug-likeness (QED) is 0.218. The number of fused-ring (bicyclic) bond motifs is 1. The van der Waals surface area contributed by atoms with E-state index in [0.717, 1.165) is 10.6 Å². The Kier molecular flexibility index (Phi) is 7.42. The van der Waals surface area contributed by atoms with Crippen molar-refractivity contribution in [2.45, 2.75) is 57.9 Å². The first-order valence-electron chi connectivity index (χ1n) is 12.0. The van der Waals surface area contributed by atoms with E-state index in [1.54, 1.807) is 33.0 Å². The van der Waals surface area contributed by atoms with Crippen LogP contribution >= 0.6 is 11.6 Å². The highest BCUT2D eigenvalue weighted by Gasteiger charge is 2.56. The second-order valence-corrected chi connectivity index (χ2v) is 10.2. The van der Waals surface area contributed by atoms with E-state index in [0.29, 0.717) is 23.9 Å². The van der Waals surface area contributed by atoms with Crippen molar-refractivity contribution in [1.29, 1.82) is 0 Å². The van der Waals surface area contributed by atoms with E-state index in [4.69, 9.17) is 26.9 Å². The number of benzene rings is 1. The van der Waals surface area contributed by atoms with E-state index in [1.165, 1.54) is 11.1 Å². The third kappa shape index (κ3) is 5.26. The maximum atomic E-state index is 13.8. The summed E-state index contributed by atoms with van der Waals surface area (Å²) in [4.78, 5) is 49.2. The molecule has 1 fully saturated rings. The van der Waals surface area contributed by atoms with Gasteiger partial charge in [0.1, 0.15) is 17.9 Å². The standard InChI is InChI=1S/C26H30ClN5O5/c1-25(2,3)37-23(34)26(32(28)22(33)19-15-30-21-18(20(19)27)11-13-29-21)12-7-8-14-31(26)24(35)36-16-17-9-5-4-6-10-17/h4-6,9-11,13,15H,7-8,12,14,16,28H2,1-3H3,(H,29,30). The van der Waals surface area contributed by atoms with Gasteiger partial charge in [-0.05, 0) is 45.2 Å². The number of nitrogens with one attached hydrogen (secondary N) is 1. The van der Waals surface area contributed by atoms with E-state index in [9.17, 15) is 14.4 Å². The Morgan fingerprint density at radius 2 is 1.92 bits per heavy atom. The van der Waals surface area contributed by atoms with Gasteiger partial charge in [-0.2, -0.15) is 0 Å². The smallest absolute Gasteiger partial charge is 0.412 e. The minimum atomic E-state index is -1.95. The van der Waals surface area contributed by atoms with E-state index >= 15 is 0 Å². The molecule has 2 aromatic heterocycles. The summed E-state index contributed by atoms with van der Waals surface area (Å²) in [6.45, 7) is 5.21. The Balaban J connectivity index is 1.72. The first kappa shape index (κ1) is 26.4. The number of nitrogens with zero attached hydrogens (tertiary/aromatic N) is 3. The zero-order chi connectivity index (χ0) is 26.8. The lowest BCUT2D eigenvalue weighted by Gasteiger charge is -2.48. The van der Waals surface area contributed by atoms with E-state index in [-0.39, 0.29) is 30.2 Å². The lowest BCUT2D eigenvalue weighted by molar-refractivity contribution is -0.185. The number of carbonyl (C=O) groups excluding carboxylic acids is 3. The van der Waals surface area contributed by atoms with Crippen molar-refractivity contribution in [2.75, 3.05) is 6.54 Å². The fourth-order valence-electron chi connectivity index (χ4n) is 4.34. The van der Waals surface area contributed by atoms with Crippen molar-refractivity contribution in [3.63, 3.8) is 0 Å². The second kappa shape index (κ2) is 10.4. The highest BCUT2D eigenvalue weighted by Crippen LogP contribution is 2.36. The number of amides is 2. The third-order valence-electron chi connectivity index (χ3n) is 6.12. The molecule has 10 nitrogen and oxygen atoms in total. The SMILES string of the molecule is CC(C)(C)OC(=O)C1(N(N)C(=O)c2cnc3[nH]ccc3c2Cl)CCCCN1C(=O)OCc1ccccc1. The molecule has 37 heavy (non-hydrogen) atoms. The molecule has 3 heterocycles. The zero-order valence-electron chi connectivity index (χ0n) is 21.0. The molecule has 0 bridgehead atoms. The number of carbonyl (C=O) groups is 3. The predicted octanol–water partition coefficient (Wildman–Crippen LogP) is 4.39. The number of ether oxygens (including phenoxy) is 2.